The molecule has 1 heterocycles. The van der Waals surface area contributed by atoms with Gasteiger partial charge in [-0.2, -0.15) is 5.26 Å². The second-order valence-corrected chi connectivity index (χ2v) is 5.25. The topological polar surface area (TPSA) is 40.8 Å². The number of aromatic nitrogens is 1. The molecule has 0 fully saturated rings. The Hall–Kier alpha value is -2.73. The van der Waals surface area contributed by atoms with Crippen molar-refractivity contribution in [3.63, 3.8) is 0 Å². The molecule has 2 aromatic carbocycles. The fraction of sp³-hybridized carbons (Fsp3) is 0.167. The van der Waals surface area contributed by atoms with Gasteiger partial charge in [0.05, 0.1) is 11.3 Å². The van der Waals surface area contributed by atoms with Gasteiger partial charge in [-0.1, -0.05) is 30.3 Å². The van der Waals surface area contributed by atoms with Crippen LogP contribution < -0.4 is 5.32 Å². The van der Waals surface area contributed by atoms with Crippen molar-refractivity contribution >= 4 is 16.6 Å². The maximum absolute atomic E-state index is 9.28. The van der Waals surface area contributed by atoms with Crippen LogP contribution in [-0.2, 0) is 13.6 Å². The number of anilines is 1. The number of benzene rings is 2. The maximum atomic E-state index is 9.28. The lowest BCUT2D eigenvalue weighted by Crippen LogP contribution is -2.01. The number of nitrogens with zero attached hydrogens (tertiary/aromatic N) is 2. The molecule has 0 unspecified atom stereocenters. The van der Waals surface area contributed by atoms with E-state index in [-0.39, 0.29) is 0 Å². The lowest BCUT2D eigenvalue weighted by molar-refractivity contribution is 0.955. The number of fused-ring (bicyclic) bond motifs is 1. The Kier molecular flexibility index (Phi) is 3.37. The van der Waals surface area contributed by atoms with Gasteiger partial charge in [0.25, 0.3) is 0 Å². The first-order chi connectivity index (χ1) is 10.2. The van der Waals surface area contributed by atoms with Crippen molar-refractivity contribution in [2.75, 3.05) is 5.32 Å². The number of aryl methyl sites for hydroxylation is 2. The van der Waals surface area contributed by atoms with Crippen LogP contribution in [-0.4, -0.2) is 4.57 Å². The Bertz CT molecular complexity index is 837. The zero-order chi connectivity index (χ0) is 14.8. The van der Waals surface area contributed by atoms with E-state index in [0.29, 0.717) is 6.54 Å². The van der Waals surface area contributed by atoms with Crippen LogP contribution in [0.3, 0.4) is 0 Å². The summed E-state index contributed by atoms with van der Waals surface area (Å²) in [5.74, 6) is 0. The van der Waals surface area contributed by atoms with Crippen LogP contribution >= 0.6 is 0 Å². The normalized spacial score (nSPS) is 10.5. The second kappa shape index (κ2) is 5.34. The third kappa shape index (κ3) is 2.36. The van der Waals surface area contributed by atoms with Gasteiger partial charge in [-0.05, 0) is 30.2 Å². The number of para-hydroxylation sites is 1. The van der Waals surface area contributed by atoms with Crippen molar-refractivity contribution < 1.29 is 0 Å². The molecule has 0 aliphatic rings. The fourth-order valence-corrected chi connectivity index (χ4v) is 2.72. The molecule has 0 radical (unpaired) electrons. The SMILES string of the molecule is Cc1cccc(NCc2cn(C)c3ccccc23)c1C#N. The monoisotopic (exact) mass is 275 g/mol. The molecule has 1 N–H and O–H groups in total. The molecule has 0 saturated heterocycles. The lowest BCUT2D eigenvalue weighted by Gasteiger charge is -2.09. The van der Waals surface area contributed by atoms with E-state index in [9.17, 15) is 5.26 Å². The molecule has 3 nitrogen and oxygen atoms in total. The van der Waals surface area contributed by atoms with Gasteiger partial charge >= 0.3 is 0 Å². The minimum absolute atomic E-state index is 0.708. The van der Waals surface area contributed by atoms with E-state index in [4.69, 9.17) is 0 Å². The van der Waals surface area contributed by atoms with Crippen molar-refractivity contribution in [2.24, 2.45) is 7.05 Å². The van der Waals surface area contributed by atoms with Crippen LogP contribution in [0.5, 0.6) is 0 Å². The van der Waals surface area contributed by atoms with Crippen LogP contribution in [0.4, 0.5) is 5.69 Å². The second-order valence-electron chi connectivity index (χ2n) is 5.25. The molecule has 104 valence electrons. The molecular formula is C18H17N3. The Morgan fingerprint density at radius 1 is 1.14 bits per heavy atom. The highest BCUT2D eigenvalue weighted by molar-refractivity contribution is 5.84. The van der Waals surface area contributed by atoms with Gasteiger partial charge < -0.3 is 9.88 Å². The molecule has 0 atom stereocenters. The van der Waals surface area contributed by atoms with E-state index in [2.05, 4.69) is 47.4 Å². The highest BCUT2D eigenvalue weighted by Crippen LogP contribution is 2.23. The van der Waals surface area contributed by atoms with Gasteiger partial charge in [0.2, 0.25) is 0 Å². The summed E-state index contributed by atoms with van der Waals surface area (Å²) >= 11 is 0. The summed E-state index contributed by atoms with van der Waals surface area (Å²) in [4.78, 5) is 0. The minimum atomic E-state index is 0.708. The summed E-state index contributed by atoms with van der Waals surface area (Å²) in [5, 5.41) is 13.9. The van der Waals surface area contributed by atoms with Crippen LogP contribution in [0.2, 0.25) is 0 Å². The van der Waals surface area contributed by atoms with E-state index in [1.54, 1.807) is 0 Å². The fourth-order valence-electron chi connectivity index (χ4n) is 2.72. The third-order valence-electron chi connectivity index (χ3n) is 3.83. The van der Waals surface area contributed by atoms with E-state index in [0.717, 1.165) is 16.8 Å². The van der Waals surface area contributed by atoms with Gasteiger partial charge in [0.1, 0.15) is 6.07 Å². The van der Waals surface area contributed by atoms with E-state index in [1.807, 2.05) is 31.2 Å². The largest absolute Gasteiger partial charge is 0.380 e. The smallest absolute Gasteiger partial charge is 0.102 e. The Morgan fingerprint density at radius 2 is 1.95 bits per heavy atom. The number of nitrogens with one attached hydrogen (secondary N) is 1. The van der Waals surface area contributed by atoms with Crippen LogP contribution in [0.25, 0.3) is 10.9 Å². The van der Waals surface area contributed by atoms with Gasteiger partial charge in [0.15, 0.2) is 0 Å². The van der Waals surface area contributed by atoms with Crippen LogP contribution in [0.1, 0.15) is 16.7 Å². The molecule has 0 saturated carbocycles. The van der Waals surface area contributed by atoms with Gasteiger partial charge in [0, 0.05) is 30.7 Å². The van der Waals surface area contributed by atoms with E-state index >= 15 is 0 Å². The molecule has 3 heteroatoms. The molecule has 0 bridgehead atoms. The standard InChI is InChI=1S/C18H17N3/c1-13-6-5-8-17(16(13)10-19)20-11-14-12-21(2)18-9-4-3-7-15(14)18/h3-9,12,20H,11H2,1-2H3. The van der Waals surface area contributed by atoms with Gasteiger partial charge in [-0.3, -0.25) is 0 Å². The van der Waals surface area contributed by atoms with E-state index < -0.39 is 0 Å². The summed E-state index contributed by atoms with van der Waals surface area (Å²) in [6.07, 6.45) is 2.14. The predicted octanol–water partition coefficient (Wildman–Crippen LogP) is 3.97. The first-order valence-electron chi connectivity index (χ1n) is 6.97. The molecular weight excluding hydrogens is 258 g/mol. The van der Waals surface area contributed by atoms with Gasteiger partial charge in [-0.25, -0.2) is 0 Å². The Labute approximate surface area is 124 Å². The van der Waals surface area contributed by atoms with E-state index in [1.165, 1.54) is 16.5 Å². The van der Waals surface area contributed by atoms with Crippen molar-refractivity contribution in [1.29, 1.82) is 5.26 Å². The number of hydrogen-bond donors (Lipinski definition) is 1. The zero-order valence-electron chi connectivity index (χ0n) is 12.2. The average Bonchev–Trinajstić information content (AvgIpc) is 2.82. The summed E-state index contributed by atoms with van der Waals surface area (Å²) in [7, 11) is 2.05. The summed E-state index contributed by atoms with van der Waals surface area (Å²) in [5.41, 5.74) is 5.07. The molecule has 0 aliphatic carbocycles. The number of rotatable bonds is 3. The van der Waals surface area contributed by atoms with Gasteiger partial charge in [-0.15, -0.1) is 0 Å². The summed E-state index contributed by atoms with van der Waals surface area (Å²) < 4.78 is 2.13. The molecule has 3 rings (SSSR count). The summed E-state index contributed by atoms with van der Waals surface area (Å²) in [6, 6.07) is 16.5. The highest BCUT2D eigenvalue weighted by Gasteiger charge is 2.08. The average molecular weight is 275 g/mol. The summed E-state index contributed by atoms with van der Waals surface area (Å²) in [6.45, 7) is 2.67. The molecule has 0 spiro atoms. The Balaban J connectivity index is 1.91. The third-order valence-corrected chi connectivity index (χ3v) is 3.83. The molecule has 21 heavy (non-hydrogen) atoms. The van der Waals surface area contributed by atoms with Crippen LogP contribution in [0.15, 0.2) is 48.7 Å². The zero-order valence-corrected chi connectivity index (χ0v) is 12.2. The molecule has 0 amide bonds. The lowest BCUT2D eigenvalue weighted by atomic mass is 10.1. The van der Waals surface area contributed by atoms with Crippen LogP contribution in [0, 0.1) is 18.3 Å². The number of nitriles is 1. The quantitative estimate of drug-likeness (QED) is 0.785. The minimum Gasteiger partial charge on any atom is -0.380 e. The molecule has 1 aromatic heterocycles. The van der Waals surface area contributed by atoms with Crippen molar-refractivity contribution in [3.8, 4) is 6.07 Å². The first kappa shape index (κ1) is 13.3. The highest BCUT2D eigenvalue weighted by atomic mass is 14.9. The molecule has 0 aliphatic heterocycles. The Morgan fingerprint density at radius 3 is 2.76 bits per heavy atom. The maximum Gasteiger partial charge on any atom is 0.102 e. The number of hydrogen-bond acceptors (Lipinski definition) is 2. The first-order valence-corrected chi connectivity index (χ1v) is 6.97. The van der Waals surface area contributed by atoms with Crippen molar-refractivity contribution in [3.05, 3.63) is 65.4 Å². The predicted molar refractivity (Wildman–Crippen MR) is 86.1 cm³/mol. The van der Waals surface area contributed by atoms with Crippen molar-refractivity contribution in [2.45, 2.75) is 13.5 Å². The van der Waals surface area contributed by atoms with Crippen molar-refractivity contribution in [1.82, 2.24) is 4.57 Å². The molecule has 3 aromatic rings.